The van der Waals surface area contributed by atoms with Gasteiger partial charge in [-0.25, -0.2) is 0 Å². The van der Waals surface area contributed by atoms with Crippen LogP contribution in [0.4, 0.5) is 0 Å². The average molecular weight is 229 g/mol. The minimum absolute atomic E-state index is 0.237. The van der Waals surface area contributed by atoms with Crippen LogP contribution in [0.15, 0.2) is 0 Å². The molecule has 3 atom stereocenters. The Balaban J connectivity index is 2.64. The molecule has 0 aliphatic carbocycles. The topological polar surface area (TPSA) is 94.9 Å². The van der Waals surface area contributed by atoms with E-state index in [1.807, 2.05) is 0 Å². The van der Waals surface area contributed by atoms with Gasteiger partial charge in [0.15, 0.2) is 0 Å². The van der Waals surface area contributed by atoms with Gasteiger partial charge in [-0.1, -0.05) is 13.8 Å². The van der Waals surface area contributed by atoms with E-state index in [1.54, 1.807) is 13.8 Å². The number of aliphatic hydroxyl groups is 1. The first kappa shape index (κ1) is 12.6. The van der Waals surface area contributed by atoms with Crippen molar-refractivity contribution < 1.29 is 24.6 Å². The number of carboxylic acids is 1. The normalized spacial score (nSPS) is 27.3. The zero-order valence-electron chi connectivity index (χ0n) is 9.21. The fourth-order valence-electron chi connectivity index (χ4n) is 1.68. The Kier molecular flexibility index (Phi) is 3.64. The van der Waals surface area contributed by atoms with Gasteiger partial charge in [-0.15, -0.1) is 0 Å². The summed E-state index contributed by atoms with van der Waals surface area (Å²) in [6.07, 6.45) is -1.68. The van der Waals surface area contributed by atoms with Crippen molar-refractivity contribution in [3.8, 4) is 0 Å². The van der Waals surface area contributed by atoms with E-state index in [0.717, 1.165) is 4.90 Å². The number of carboxylic acid groups (broad SMARTS) is 1. The summed E-state index contributed by atoms with van der Waals surface area (Å²) in [7, 11) is 0. The summed E-state index contributed by atoms with van der Waals surface area (Å²) in [5.74, 6) is -2.65. The van der Waals surface area contributed by atoms with Crippen molar-refractivity contribution in [1.82, 2.24) is 4.90 Å². The summed E-state index contributed by atoms with van der Waals surface area (Å²) in [6.45, 7) is 3.06. The van der Waals surface area contributed by atoms with Crippen LogP contribution >= 0.6 is 0 Å². The van der Waals surface area contributed by atoms with Gasteiger partial charge >= 0.3 is 5.97 Å². The third-order valence-corrected chi connectivity index (χ3v) is 2.86. The van der Waals surface area contributed by atoms with Gasteiger partial charge in [0.1, 0.15) is 0 Å². The van der Waals surface area contributed by atoms with E-state index in [9.17, 15) is 19.5 Å². The number of aliphatic hydroxyl groups excluding tert-OH is 1. The van der Waals surface area contributed by atoms with Gasteiger partial charge in [0.25, 0.3) is 0 Å². The van der Waals surface area contributed by atoms with Crippen molar-refractivity contribution in [2.45, 2.75) is 26.4 Å². The maximum atomic E-state index is 11.6. The van der Waals surface area contributed by atoms with E-state index in [0.29, 0.717) is 0 Å². The molecule has 2 N–H and O–H groups in total. The van der Waals surface area contributed by atoms with Crippen LogP contribution in [0.1, 0.15) is 20.3 Å². The molecular formula is C10H15NO5. The van der Waals surface area contributed by atoms with Gasteiger partial charge in [-0.05, 0) is 0 Å². The van der Waals surface area contributed by atoms with E-state index in [1.165, 1.54) is 0 Å². The minimum atomic E-state index is -1.21. The Labute approximate surface area is 92.9 Å². The van der Waals surface area contributed by atoms with Crippen molar-refractivity contribution in [3.63, 3.8) is 0 Å². The highest BCUT2D eigenvalue weighted by molar-refractivity contribution is 6.04. The maximum absolute atomic E-state index is 11.6. The first-order valence-corrected chi connectivity index (χ1v) is 5.09. The van der Waals surface area contributed by atoms with Crippen LogP contribution in [-0.2, 0) is 14.4 Å². The van der Waals surface area contributed by atoms with Crippen molar-refractivity contribution in [2.75, 3.05) is 6.54 Å². The second-order valence-electron chi connectivity index (χ2n) is 4.12. The zero-order valence-corrected chi connectivity index (χ0v) is 9.21. The van der Waals surface area contributed by atoms with E-state index < -0.39 is 30.3 Å². The molecule has 1 saturated heterocycles. The molecule has 0 aromatic heterocycles. The number of amides is 2. The van der Waals surface area contributed by atoms with Crippen LogP contribution < -0.4 is 0 Å². The van der Waals surface area contributed by atoms with E-state index in [4.69, 9.17) is 5.11 Å². The first-order valence-electron chi connectivity index (χ1n) is 5.09. The molecule has 1 heterocycles. The zero-order chi connectivity index (χ0) is 12.5. The largest absolute Gasteiger partial charge is 0.481 e. The SMILES string of the molecule is CC1C(=O)N(CC(O)CC(=O)O)C(=O)C1C. The lowest BCUT2D eigenvalue weighted by atomic mass is 10.00. The molecule has 16 heavy (non-hydrogen) atoms. The van der Waals surface area contributed by atoms with Crippen LogP contribution in [0.5, 0.6) is 0 Å². The molecule has 0 spiro atoms. The monoisotopic (exact) mass is 229 g/mol. The molecule has 3 unspecified atom stereocenters. The van der Waals surface area contributed by atoms with Crippen LogP contribution in [0.25, 0.3) is 0 Å². The number of likely N-dealkylation sites (tertiary alicyclic amines) is 1. The number of nitrogens with zero attached hydrogens (tertiary/aromatic N) is 1. The highest BCUT2D eigenvalue weighted by Gasteiger charge is 2.42. The highest BCUT2D eigenvalue weighted by atomic mass is 16.4. The van der Waals surface area contributed by atoms with Gasteiger partial charge in [0, 0.05) is 11.8 Å². The molecule has 0 radical (unpaired) electrons. The number of imide groups is 1. The number of hydrogen-bond acceptors (Lipinski definition) is 4. The van der Waals surface area contributed by atoms with Crippen molar-refractivity contribution in [3.05, 3.63) is 0 Å². The smallest absolute Gasteiger partial charge is 0.306 e. The van der Waals surface area contributed by atoms with Crippen LogP contribution in [0.3, 0.4) is 0 Å². The lowest BCUT2D eigenvalue weighted by Gasteiger charge is -2.17. The molecule has 2 amide bonds. The third kappa shape index (κ3) is 2.38. The van der Waals surface area contributed by atoms with Crippen LogP contribution in [0.2, 0.25) is 0 Å². The number of aliphatic carboxylic acids is 1. The third-order valence-electron chi connectivity index (χ3n) is 2.86. The summed E-state index contributed by atoms with van der Waals surface area (Å²) < 4.78 is 0. The second-order valence-corrected chi connectivity index (χ2v) is 4.12. The molecule has 1 fully saturated rings. The van der Waals surface area contributed by atoms with Crippen molar-refractivity contribution in [1.29, 1.82) is 0 Å². The Morgan fingerprint density at radius 3 is 2.12 bits per heavy atom. The molecule has 0 saturated carbocycles. The summed E-state index contributed by atoms with van der Waals surface area (Å²) in [5.41, 5.74) is 0. The molecule has 1 rings (SSSR count). The number of carbonyl (C=O) groups is 3. The lowest BCUT2D eigenvalue weighted by molar-refractivity contribution is -0.145. The first-order chi connectivity index (χ1) is 7.34. The summed E-state index contributed by atoms with van der Waals surface area (Å²) in [4.78, 5) is 34.5. The highest BCUT2D eigenvalue weighted by Crippen LogP contribution is 2.25. The van der Waals surface area contributed by atoms with E-state index >= 15 is 0 Å². The lowest BCUT2D eigenvalue weighted by Crippen LogP contribution is -2.38. The molecule has 90 valence electrons. The molecule has 6 heteroatoms. The Morgan fingerprint density at radius 1 is 1.31 bits per heavy atom. The van der Waals surface area contributed by atoms with Crippen molar-refractivity contribution in [2.24, 2.45) is 11.8 Å². The van der Waals surface area contributed by atoms with Gasteiger partial charge < -0.3 is 10.2 Å². The van der Waals surface area contributed by atoms with E-state index in [2.05, 4.69) is 0 Å². The van der Waals surface area contributed by atoms with Crippen LogP contribution in [0, 0.1) is 11.8 Å². The second kappa shape index (κ2) is 4.61. The summed E-state index contributed by atoms with van der Waals surface area (Å²) >= 11 is 0. The minimum Gasteiger partial charge on any atom is -0.481 e. The molecule has 6 nitrogen and oxygen atoms in total. The fraction of sp³-hybridized carbons (Fsp3) is 0.700. The Bertz CT molecular complexity index is 307. The summed E-state index contributed by atoms with van der Waals surface area (Å²) in [5, 5.41) is 17.8. The van der Waals surface area contributed by atoms with Gasteiger partial charge in [0.2, 0.25) is 11.8 Å². The number of rotatable bonds is 4. The number of hydrogen-bond donors (Lipinski definition) is 2. The number of carbonyl (C=O) groups excluding carboxylic acids is 2. The molecule has 1 aliphatic rings. The molecular weight excluding hydrogens is 214 g/mol. The van der Waals surface area contributed by atoms with Crippen LogP contribution in [-0.4, -0.2) is 45.5 Å². The standard InChI is InChI=1S/C10H15NO5/c1-5-6(2)10(16)11(9(5)15)4-7(12)3-8(13)14/h5-7,12H,3-4H2,1-2H3,(H,13,14). The number of β-amino-alcohol motifs (C(OH)–C–C–N with tert-alkyl or cyclic N) is 1. The van der Waals surface area contributed by atoms with Gasteiger partial charge in [-0.3, -0.25) is 19.3 Å². The molecule has 0 bridgehead atoms. The fourth-order valence-corrected chi connectivity index (χ4v) is 1.68. The average Bonchev–Trinajstić information content (AvgIpc) is 2.34. The predicted octanol–water partition coefficient (Wildman–Crippen LogP) is -0.537. The van der Waals surface area contributed by atoms with Gasteiger partial charge in [0.05, 0.1) is 19.1 Å². The maximum Gasteiger partial charge on any atom is 0.306 e. The quantitative estimate of drug-likeness (QED) is 0.631. The Hall–Kier alpha value is -1.43. The predicted molar refractivity (Wildman–Crippen MR) is 53.3 cm³/mol. The molecule has 0 aromatic rings. The molecule has 1 aliphatic heterocycles. The van der Waals surface area contributed by atoms with Crippen molar-refractivity contribution >= 4 is 17.8 Å². The molecule has 0 aromatic carbocycles. The summed E-state index contributed by atoms with van der Waals surface area (Å²) in [6, 6.07) is 0. The van der Waals surface area contributed by atoms with Gasteiger partial charge in [-0.2, -0.15) is 0 Å². The Morgan fingerprint density at radius 2 is 1.75 bits per heavy atom. The van der Waals surface area contributed by atoms with E-state index in [-0.39, 0.29) is 18.4 Å².